The van der Waals surface area contributed by atoms with Crippen LogP contribution in [-0.4, -0.2) is 61.4 Å². The molecule has 0 aromatic rings. The molecular formula is C8H7F11O3S. The zero-order valence-corrected chi connectivity index (χ0v) is 11.1. The van der Waals surface area contributed by atoms with Crippen LogP contribution in [0.2, 0.25) is 0 Å². The summed E-state index contributed by atoms with van der Waals surface area (Å²) in [5.74, 6) is -13.3. The summed E-state index contributed by atoms with van der Waals surface area (Å²) < 4.78 is 167. The van der Waals surface area contributed by atoms with Crippen LogP contribution in [0.25, 0.3) is 0 Å². The molecule has 140 valence electrons. The van der Waals surface area contributed by atoms with Crippen molar-refractivity contribution in [3.8, 4) is 0 Å². The van der Waals surface area contributed by atoms with E-state index >= 15 is 0 Å². The van der Waals surface area contributed by atoms with Crippen LogP contribution >= 0.6 is 0 Å². The molecule has 0 aromatic carbocycles. The molecule has 0 fully saturated rings. The van der Waals surface area contributed by atoms with Crippen molar-refractivity contribution in [3.63, 3.8) is 0 Å². The van der Waals surface area contributed by atoms with Crippen molar-refractivity contribution in [3.05, 3.63) is 0 Å². The van der Waals surface area contributed by atoms with Gasteiger partial charge in [0.05, 0.1) is 0 Å². The molecule has 0 radical (unpaired) electrons. The molecule has 1 N–H and O–H groups in total. The third-order valence-corrected chi connectivity index (χ3v) is 3.29. The highest BCUT2D eigenvalue weighted by Gasteiger charge is 2.72. The molecule has 0 aromatic heterocycles. The fourth-order valence-electron chi connectivity index (χ4n) is 1.20. The highest BCUT2D eigenvalue weighted by atomic mass is 32.2. The molecule has 5 unspecified atom stereocenters. The van der Waals surface area contributed by atoms with Crippen molar-refractivity contribution >= 4 is 10.1 Å². The summed E-state index contributed by atoms with van der Waals surface area (Å²) in [6.45, 7) is 0. The summed E-state index contributed by atoms with van der Waals surface area (Å²) in [4.78, 5) is 0. The van der Waals surface area contributed by atoms with Crippen molar-refractivity contribution in [1.82, 2.24) is 0 Å². The first-order valence-electron chi connectivity index (χ1n) is 5.20. The predicted molar refractivity (Wildman–Crippen MR) is 51.9 cm³/mol. The van der Waals surface area contributed by atoms with Crippen LogP contribution in [0.1, 0.15) is 0 Å². The van der Waals surface area contributed by atoms with Crippen molar-refractivity contribution in [2.75, 3.05) is 0 Å². The quantitative estimate of drug-likeness (QED) is 0.511. The number of hydrogen-bond acceptors (Lipinski definition) is 2. The van der Waals surface area contributed by atoms with Gasteiger partial charge < -0.3 is 0 Å². The van der Waals surface area contributed by atoms with Crippen LogP contribution < -0.4 is 0 Å². The molecule has 15 heteroatoms. The zero-order chi connectivity index (χ0) is 19.0. The fraction of sp³-hybridized carbons (Fsp3) is 1.00. The van der Waals surface area contributed by atoms with E-state index in [2.05, 4.69) is 0 Å². The minimum atomic E-state index is -6.63. The van der Waals surface area contributed by atoms with Gasteiger partial charge in [-0.2, -0.15) is 26.0 Å². The molecule has 0 amide bonds. The zero-order valence-electron chi connectivity index (χ0n) is 10.3. The van der Waals surface area contributed by atoms with Crippen LogP contribution in [0.5, 0.6) is 0 Å². The van der Waals surface area contributed by atoms with Gasteiger partial charge in [0.2, 0.25) is 6.17 Å². The molecule has 0 aliphatic heterocycles. The molecule has 3 nitrogen and oxygen atoms in total. The van der Waals surface area contributed by atoms with Gasteiger partial charge in [0.15, 0.2) is 18.5 Å². The Labute approximate surface area is 121 Å². The minimum absolute atomic E-state index is 4.17. The maximum atomic E-state index is 13.0. The third kappa shape index (κ3) is 4.36. The van der Waals surface area contributed by atoms with Gasteiger partial charge in [-0.05, 0) is 0 Å². The van der Waals surface area contributed by atoms with Gasteiger partial charge in [-0.1, -0.05) is 0 Å². The fourth-order valence-corrected chi connectivity index (χ4v) is 1.73. The average molecular weight is 392 g/mol. The van der Waals surface area contributed by atoms with Crippen LogP contribution in [0, 0.1) is 0 Å². The standard InChI is InChI=1S/C8H7F11O3S/c9-1(3(11)5(13)14)2(10)4(12)7(16,17)8(18,19)6(15)23(20,21)22/h1-6H,(H,20,21,22). The minimum Gasteiger partial charge on any atom is -0.283 e. The maximum absolute atomic E-state index is 13.0. The molecule has 23 heavy (non-hydrogen) atoms. The first-order chi connectivity index (χ1) is 9.99. The molecule has 0 heterocycles. The summed E-state index contributed by atoms with van der Waals surface area (Å²) in [6.07, 6.45) is -22.6. The topological polar surface area (TPSA) is 54.4 Å². The van der Waals surface area contributed by atoms with Gasteiger partial charge in [0.25, 0.3) is 11.9 Å². The van der Waals surface area contributed by atoms with E-state index in [-0.39, 0.29) is 0 Å². The second-order valence-corrected chi connectivity index (χ2v) is 5.59. The van der Waals surface area contributed by atoms with Crippen LogP contribution in [-0.2, 0) is 10.1 Å². The lowest BCUT2D eigenvalue weighted by molar-refractivity contribution is -0.264. The second kappa shape index (κ2) is 6.94. The predicted octanol–water partition coefficient (Wildman–Crippen LogP) is 3.06. The Kier molecular flexibility index (Phi) is 6.68. The molecule has 0 saturated carbocycles. The Balaban J connectivity index is 5.57. The molecule has 0 spiro atoms. The monoisotopic (exact) mass is 392 g/mol. The Bertz CT molecular complexity index is 496. The van der Waals surface area contributed by atoms with E-state index in [1.54, 1.807) is 0 Å². The first kappa shape index (κ1) is 22.1. The highest BCUT2D eigenvalue weighted by Crippen LogP contribution is 2.45. The van der Waals surface area contributed by atoms with E-state index in [1.165, 1.54) is 0 Å². The van der Waals surface area contributed by atoms with E-state index in [1.807, 2.05) is 0 Å². The summed E-state index contributed by atoms with van der Waals surface area (Å²) in [5.41, 5.74) is -5.15. The SMILES string of the molecule is O=S(=O)(O)C(F)C(F)(F)C(F)(F)C(F)C(F)C(F)C(F)C(F)F. The number of hydrogen-bond donors (Lipinski definition) is 1. The van der Waals surface area contributed by atoms with Crippen molar-refractivity contribution in [2.24, 2.45) is 0 Å². The number of halogens is 11. The van der Waals surface area contributed by atoms with Gasteiger partial charge in [-0.3, -0.25) is 4.55 Å². The number of alkyl halides is 11. The Morgan fingerprint density at radius 1 is 0.696 bits per heavy atom. The van der Waals surface area contributed by atoms with Crippen LogP contribution in [0.3, 0.4) is 0 Å². The van der Waals surface area contributed by atoms with Crippen molar-refractivity contribution < 1.29 is 61.3 Å². The van der Waals surface area contributed by atoms with E-state index in [9.17, 15) is 56.7 Å². The van der Waals surface area contributed by atoms with Gasteiger partial charge in [0.1, 0.15) is 0 Å². The molecule has 0 rings (SSSR count). The molecule has 0 saturated heterocycles. The van der Waals surface area contributed by atoms with Gasteiger partial charge in [-0.15, -0.1) is 0 Å². The molecule has 0 bridgehead atoms. The van der Waals surface area contributed by atoms with E-state index < -0.39 is 58.6 Å². The summed E-state index contributed by atoms with van der Waals surface area (Å²) in [5, 5.41) is 0. The van der Waals surface area contributed by atoms with Gasteiger partial charge >= 0.3 is 22.0 Å². The highest BCUT2D eigenvalue weighted by molar-refractivity contribution is 7.86. The molecule has 5 atom stereocenters. The normalized spacial score (nSPS) is 20.9. The Morgan fingerprint density at radius 3 is 1.39 bits per heavy atom. The lowest BCUT2D eigenvalue weighted by atomic mass is 9.98. The summed E-state index contributed by atoms with van der Waals surface area (Å²) in [6, 6.07) is 0. The molecule has 0 aliphatic rings. The molecule has 0 aliphatic carbocycles. The first-order valence-corrected chi connectivity index (χ1v) is 6.70. The van der Waals surface area contributed by atoms with E-state index in [4.69, 9.17) is 4.55 Å². The van der Waals surface area contributed by atoms with Crippen LogP contribution in [0.15, 0.2) is 0 Å². The maximum Gasteiger partial charge on any atom is 0.360 e. The average Bonchev–Trinajstić information content (AvgIpc) is 2.41. The largest absolute Gasteiger partial charge is 0.360 e. The van der Waals surface area contributed by atoms with Crippen LogP contribution in [0.4, 0.5) is 48.3 Å². The second-order valence-electron chi connectivity index (χ2n) is 4.15. The van der Waals surface area contributed by atoms with Gasteiger partial charge in [-0.25, -0.2) is 30.7 Å². The lowest BCUT2D eigenvalue weighted by Crippen LogP contribution is -2.59. The third-order valence-electron chi connectivity index (χ3n) is 2.47. The smallest absolute Gasteiger partial charge is 0.283 e. The van der Waals surface area contributed by atoms with Gasteiger partial charge in [0, 0.05) is 0 Å². The summed E-state index contributed by atoms with van der Waals surface area (Å²) in [7, 11) is -6.53. The lowest BCUT2D eigenvalue weighted by Gasteiger charge is -2.32. The van der Waals surface area contributed by atoms with Crippen molar-refractivity contribution in [2.45, 2.75) is 48.5 Å². The summed E-state index contributed by atoms with van der Waals surface area (Å²) >= 11 is 0. The number of rotatable bonds is 8. The van der Waals surface area contributed by atoms with E-state index in [0.717, 1.165) is 0 Å². The Morgan fingerprint density at radius 2 is 1.09 bits per heavy atom. The van der Waals surface area contributed by atoms with Crippen molar-refractivity contribution in [1.29, 1.82) is 0 Å². The molecular weight excluding hydrogens is 385 g/mol. The Hall–Kier alpha value is -0.860. The van der Waals surface area contributed by atoms with E-state index in [0.29, 0.717) is 0 Å².